The number of benzene rings is 1. The smallest absolute Gasteiger partial charge is 0.156 e. The fraction of sp³-hybridized carbons (Fsp3) is 0.412. The van der Waals surface area contributed by atoms with Gasteiger partial charge in [-0.1, -0.05) is 18.2 Å². The molecule has 0 bridgehead atoms. The van der Waals surface area contributed by atoms with Gasteiger partial charge in [0, 0.05) is 36.7 Å². The van der Waals surface area contributed by atoms with E-state index in [1.807, 2.05) is 0 Å². The lowest BCUT2D eigenvalue weighted by molar-refractivity contribution is 0.193. The third kappa shape index (κ3) is 2.41. The fourth-order valence-corrected chi connectivity index (χ4v) is 3.21. The molecule has 1 N–H and O–H groups in total. The minimum atomic E-state index is 0.360. The van der Waals surface area contributed by atoms with Crippen LogP contribution in [0.2, 0.25) is 0 Å². The number of nitrogens with zero attached hydrogens (tertiary/aromatic N) is 3. The Morgan fingerprint density at radius 1 is 1.36 bits per heavy atom. The summed E-state index contributed by atoms with van der Waals surface area (Å²) in [6.45, 7) is 4.64. The van der Waals surface area contributed by atoms with Gasteiger partial charge in [0.25, 0.3) is 0 Å². The van der Waals surface area contributed by atoms with Gasteiger partial charge in [-0.05, 0) is 30.9 Å². The average molecular weight is 296 g/mol. The Bertz CT molecular complexity index is 783. The van der Waals surface area contributed by atoms with Crippen LogP contribution >= 0.6 is 0 Å². The van der Waals surface area contributed by atoms with Gasteiger partial charge in [-0.3, -0.25) is 5.10 Å². The van der Waals surface area contributed by atoms with Gasteiger partial charge in [-0.15, -0.1) is 0 Å². The summed E-state index contributed by atoms with van der Waals surface area (Å²) in [5.41, 5.74) is 2.56. The molecule has 1 aliphatic heterocycles. The summed E-state index contributed by atoms with van der Waals surface area (Å²) >= 11 is 0. The van der Waals surface area contributed by atoms with Crippen LogP contribution in [0.25, 0.3) is 10.9 Å². The van der Waals surface area contributed by atoms with E-state index in [0.29, 0.717) is 5.92 Å². The van der Waals surface area contributed by atoms with Gasteiger partial charge in [0.15, 0.2) is 5.82 Å². The summed E-state index contributed by atoms with van der Waals surface area (Å²) in [6, 6.07) is 10.7. The molecule has 0 amide bonds. The molecule has 1 fully saturated rings. The van der Waals surface area contributed by atoms with E-state index >= 15 is 0 Å². The zero-order chi connectivity index (χ0) is 14.9. The van der Waals surface area contributed by atoms with E-state index in [9.17, 15) is 0 Å². The van der Waals surface area contributed by atoms with Crippen LogP contribution in [0.4, 0.5) is 0 Å². The third-order valence-corrected chi connectivity index (χ3v) is 4.43. The van der Waals surface area contributed by atoms with Crippen LogP contribution in [0.5, 0.6) is 0 Å². The van der Waals surface area contributed by atoms with Gasteiger partial charge < -0.3 is 9.30 Å². The maximum absolute atomic E-state index is 5.41. The van der Waals surface area contributed by atoms with Crippen LogP contribution < -0.4 is 0 Å². The van der Waals surface area contributed by atoms with Crippen molar-refractivity contribution in [3.05, 3.63) is 47.7 Å². The Morgan fingerprint density at radius 3 is 3.14 bits per heavy atom. The molecule has 3 heterocycles. The number of ether oxygens (including phenoxy) is 1. The highest BCUT2D eigenvalue weighted by molar-refractivity contribution is 5.81. The summed E-state index contributed by atoms with van der Waals surface area (Å²) in [5.74, 6) is 2.22. The van der Waals surface area contributed by atoms with Gasteiger partial charge in [0.1, 0.15) is 5.82 Å². The second-order valence-corrected chi connectivity index (χ2v) is 5.95. The molecule has 3 aromatic rings. The molecule has 1 aromatic carbocycles. The lowest BCUT2D eigenvalue weighted by atomic mass is 10.1. The molecule has 5 heteroatoms. The Hall–Kier alpha value is -2.14. The number of hydrogen-bond acceptors (Lipinski definition) is 3. The first-order chi connectivity index (χ1) is 10.8. The van der Waals surface area contributed by atoms with Gasteiger partial charge in [-0.25, -0.2) is 4.98 Å². The Balaban J connectivity index is 1.51. The van der Waals surface area contributed by atoms with E-state index in [1.54, 1.807) is 0 Å². The van der Waals surface area contributed by atoms with Crippen LogP contribution in [-0.4, -0.2) is 33.0 Å². The number of nitrogens with one attached hydrogen (secondary N) is 1. The summed E-state index contributed by atoms with van der Waals surface area (Å²) in [7, 11) is 0. The second kappa shape index (κ2) is 5.57. The Morgan fingerprint density at radius 2 is 2.27 bits per heavy atom. The SMILES string of the molecule is Cc1cc2ccccc2n1CCc1nc([C@H]2CCOC2)n[nH]1. The number of para-hydroxylation sites is 1. The van der Waals surface area contributed by atoms with Crippen molar-refractivity contribution in [2.45, 2.75) is 32.2 Å². The van der Waals surface area contributed by atoms with E-state index in [-0.39, 0.29) is 0 Å². The molecule has 0 spiro atoms. The lowest BCUT2D eigenvalue weighted by Gasteiger charge is -2.06. The molecule has 5 nitrogen and oxygen atoms in total. The standard InChI is InChI=1S/C17H20N4O/c1-12-10-13-4-2-3-5-15(13)21(12)8-6-16-18-17(20-19-16)14-7-9-22-11-14/h2-5,10,14H,6-9,11H2,1H3,(H,18,19,20)/t14-/m0/s1. The van der Waals surface area contributed by atoms with E-state index in [1.165, 1.54) is 16.6 Å². The minimum absolute atomic E-state index is 0.360. The van der Waals surface area contributed by atoms with Crippen molar-refractivity contribution in [3.63, 3.8) is 0 Å². The van der Waals surface area contributed by atoms with E-state index in [2.05, 4.69) is 57.0 Å². The van der Waals surface area contributed by atoms with Crippen LogP contribution in [0.3, 0.4) is 0 Å². The minimum Gasteiger partial charge on any atom is -0.381 e. The lowest BCUT2D eigenvalue weighted by Crippen LogP contribution is -2.04. The van der Waals surface area contributed by atoms with Crippen molar-refractivity contribution in [1.82, 2.24) is 19.7 Å². The Kier molecular flexibility index (Phi) is 3.42. The molecular formula is C17H20N4O. The number of fused-ring (bicyclic) bond motifs is 1. The molecule has 22 heavy (non-hydrogen) atoms. The highest BCUT2D eigenvalue weighted by atomic mass is 16.5. The highest BCUT2D eigenvalue weighted by Gasteiger charge is 2.21. The number of rotatable bonds is 4. The van der Waals surface area contributed by atoms with Crippen LogP contribution in [0.15, 0.2) is 30.3 Å². The maximum atomic E-state index is 5.41. The predicted molar refractivity (Wildman–Crippen MR) is 84.9 cm³/mol. The molecule has 0 radical (unpaired) electrons. The summed E-state index contributed by atoms with van der Waals surface area (Å²) in [6.07, 6.45) is 1.89. The first-order valence-electron chi connectivity index (χ1n) is 7.85. The van der Waals surface area contributed by atoms with Crippen LogP contribution in [0.1, 0.15) is 29.7 Å². The molecule has 0 aliphatic carbocycles. The highest BCUT2D eigenvalue weighted by Crippen LogP contribution is 2.22. The largest absolute Gasteiger partial charge is 0.381 e. The molecule has 114 valence electrons. The molecule has 1 aliphatic rings. The van der Waals surface area contributed by atoms with Gasteiger partial charge in [-0.2, -0.15) is 5.10 Å². The van der Waals surface area contributed by atoms with Crippen LogP contribution in [0, 0.1) is 6.92 Å². The van der Waals surface area contributed by atoms with E-state index in [0.717, 1.165) is 44.2 Å². The van der Waals surface area contributed by atoms with Crippen molar-refractivity contribution in [3.8, 4) is 0 Å². The molecule has 4 rings (SSSR count). The molecule has 0 saturated carbocycles. The monoisotopic (exact) mass is 296 g/mol. The topological polar surface area (TPSA) is 55.7 Å². The van der Waals surface area contributed by atoms with Crippen molar-refractivity contribution in [2.75, 3.05) is 13.2 Å². The van der Waals surface area contributed by atoms with Gasteiger partial charge in [0.2, 0.25) is 0 Å². The van der Waals surface area contributed by atoms with Crippen molar-refractivity contribution in [1.29, 1.82) is 0 Å². The van der Waals surface area contributed by atoms with E-state index in [4.69, 9.17) is 4.74 Å². The normalized spacial score (nSPS) is 18.3. The van der Waals surface area contributed by atoms with Crippen molar-refractivity contribution in [2.24, 2.45) is 0 Å². The van der Waals surface area contributed by atoms with Gasteiger partial charge in [0.05, 0.1) is 6.61 Å². The zero-order valence-corrected chi connectivity index (χ0v) is 12.7. The second-order valence-electron chi connectivity index (χ2n) is 5.95. The number of aromatic amines is 1. The number of aryl methyl sites for hydroxylation is 3. The van der Waals surface area contributed by atoms with Gasteiger partial charge >= 0.3 is 0 Å². The maximum Gasteiger partial charge on any atom is 0.156 e. The molecule has 0 unspecified atom stereocenters. The first kappa shape index (κ1) is 13.5. The molecule has 1 saturated heterocycles. The fourth-order valence-electron chi connectivity index (χ4n) is 3.21. The summed E-state index contributed by atoms with van der Waals surface area (Å²) < 4.78 is 7.75. The van der Waals surface area contributed by atoms with Crippen molar-refractivity contribution >= 4 is 10.9 Å². The number of aromatic nitrogens is 4. The predicted octanol–water partition coefficient (Wildman–Crippen LogP) is 2.81. The summed E-state index contributed by atoms with van der Waals surface area (Å²) in [4.78, 5) is 4.64. The molecular weight excluding hydrogens is 276 g/mol. The zero-order valence-electron chi connectivity index (χ0n) is 12.7. The molecule has 1 atom stereocenters. The third-order valence-electron chi connectivity index (χ3n) is 4.43. The number of hydrogen-bond donors (Lipinski definition) is 1. The molecule has 2 aromatic heterocycles. The van der Waals surface area contributed by atoms with Crippen LogP contribution in [-0.2, 0) is 17.7 Å². The number of H-pyrrole nitrogens is 1. The summed E-state index contributed by atoms with van der Waals surface area (Å²) in [5, 5.41) is 8.73. The average Bonchev–Trinajstić information content (AvgIpc) is 3.24. The quantitative estimate of drug-likeness (QED) is 0.805. The van der Waals surface area contributed by atoms with E-state index < -0.39 is 0 Å². The van der Waals surface area contributed by atoms with Crippen molar-refractivity contribution < 1.29 is 4.74 Å². The first-order valence-corrected chi connectivity index (χ1v) is 7.85. The Labute approximate surface area is 129 Å².